The SMILES string of the molecule is COC(=O)N1CCN(C(C)(C)C=C(C#N)C(=O)N2CCCC[C@@H]2COC(=O)NC(Cc2ccccc2)B(O)O)CC1. The van der Waals surface area contributed by atoms with Crippen molar-refractivity contribution in [3.05, 3.63) is 47.5 Å². The van der Waals surface area contributed by atoms with Crippen molar-refractivity contribution in [1.29, 1.82) is 5.26 Å². The summed E-state index contributed by atoms with van der Waals surface area (Å²) < 4.78 is 10.2. The molecule has 3 amide bonds. The van der Waals surface area contributed by atoms with E-state index in [0.717, 1.165) is 18.4 Å². The van der Waals surface area contributed by atoms with Crippen LogP contribution in [0, 0.1) is 11.3 Å². The topological polar surface area (TPSA) is 156 Å². The van der Waals surface area contributed by atoms with Gasteiger partial charge >= 0.3 is 19.3 Å². The van der Waals surface area contributed by atoms with Gasteiger partial charge in [0, 0.05) is 38.3 Å². The minimum atomic E-state index is -1.79. The molecule has 3 rings (SSSR count). The van der Waals surface area contributed by atoms with Gasteiger partial charge in [-0.15, -0.1) is 0 Å². The third-order valence-corrected chi connectivity index (χ3v) is 7.63. The highest BCUT2D eigenvalue weighted by Crippen LogP contribution is 2.24. The van der Waals surface area contributed by atoms with Crippen molar-refractivity contribution in [2.75, 3.05) is 46.4 Å². The molecule has 0 radical (unpaired) electrons. The van der Waals surface area contributed by atoms with E-state index in [4.69, 9.17) is 9.47 Å². The number of nitriles is 1. The van der Waals surface area contributed by atoms with Crippen molar-refractivity contribution in [2.45, 2.75) is 57.1 Å². The van der Waals surface area contributed by atoms with Gasteiger partial charge in [-0.1, -0.05) is 30.3 Å². The third-order valence-electron chi connectivity index (χ3n) is 7.63. The van der Waals surface area contributed by atoms with Crippen LogP contribution in [0.2, 0.25) is 0 Å². The number of hydrogen-bond donors (Lipinski definition) is 3. The van der Waals surface area contributed by atoms with Gasteiger partial charge < -0.3 is 34.6 Å². The van der Waals surface area contributed by atoms with Gasteiger partial charge in [-0.05, 0) is 51.2 Å². The van der Waals surface area contributed by atoms with Crippen molar-refractivity contribution in [2.24, 2.45) is 0 Å². The van der Waals surface area contributed by atoms with Crippen LogP contribution in [0.4, 0.5) is 9.59 Å². The van der Waals surface area contributed by atoms with Crippen LogP contribution in [0.15, 0.2) is 42.0 Å². The first-order valence-corrected chi connectivity index (χ1v) is 13.9. The quantitative estimate of drug-likeness (QED) is 0.227. The number of benzene rings is 1. The summed E-state index contributed by atoms with van der Waals surface area (Å²) in [5.41, 5.74) is 0.205. The molecule has 41 heavy (non-hydrogen) atoms. The second-order valence-corrected chi connectivity index (χ2v) is 10.9. The fraction of sp³-hybridized carbons (Fsp3) is 0.571. The number of piperazine rings is 1. The minimum absolute atomic E-state index is 0.00748. The van der Waals surface area contributed by atoms with Gasteiger partial charge in [-0.2, -0.15) is 5.26 Å². The lowest BCUT2D eigenvalue weighted by atomic mass is 9.76. The molecule has 2 aliphatic rings. The fourth-order valence-electron chi connectivity index (χ4n) is 5.24. The number of hydrogen-bond acceptors (Lipinski definition) is 9. The molecule has 2 aliphatic heterocycles. The van der Waals surface area contributed by atoms with Crippen LogP contribution < -0.4 is 5.32 Å². The molecule has 2 heterocycles. The average molecular weight is 569 g/mol. The maximum atomic E-state index is 13.5. The molecule has 12 nitrogen and oxygen atoms in total. The van der Waals surface area contributed by atoms with Gasteiger partial charge in [0.15, 0.2) is 0 Å². The van der Waals surface area contributed by atoms with Crippen LogP contribution in [0.1, 0.15) is 38.7 Å². The molecule has 0 bridgehead atoms. The van der Waals surface area contributed by atoms with Crippen molar-refractivity contribution < 1.29 is 33.9 Å². The maximum Gasteiger partial charge on any atom is 0.475 e. The van der Waals surface area contributed by atoms with Gasteiger partial charge in [0.05, 0.1) is 19.1 Å². The summed E-state index contributed by atoms with van der Waals surface area (Å²) in [6, 6.07) is 10.8. The summed E-state index contributed by atoms with van der Waals surface area (Å²) >= 11 is 0. The number of nitrogens with one attached hydrogen (secondary N) is 1. The molecule has 0 aliphatic carbocycles. The Bertz CT molecular complexity index is 1120. The molecular weight excluding hydrogens is 529 g/mol. The normalized spacial score (nSPS) is 19.1. The average Bonchev–Trinajstić information content (AvgIpc) is 2.98. The monoisotopic (exact) mass is 569 g/mol. The van der Waals surface area contributed by atoms with Gasteiger partial charge in [0.1, 0.15) is 18.2 Å². The number of alkyl carbamates (subject to hydrolysis) is 1. The second-order valence-electron chi connectivity index (χ2n) is 10.9. The van der Waals surface area contributed by atoms with Gasteiger partial charge in [0.2, 0.25) is 0 Å². The van der Waals surface area contributed by atoms with Gasteiger partial charge in [0.25, 0.3) is 5.91 Å². The number of ether oxygens (including phenoxy) is 2. The molecule has 2 saturated heterocycles. The number of rotatable bonds is 9. The zero-order valence-corrected chi connectivity index (χ0v) is 24.0. The molecule has 0 spiro atoms. The van der Waals surface area contributed by atoms with Crippen LogP contribution >= 0.6 is 0 Å². The lowest BCUT2D eigenvalue weighted by Crippen LogP contribution is -2.55. The van der Waals surface area contributed by atoms with E-state index in [9.17, 15) is 29.7 Å². The molecule has 2 atom stereocenters. The largest absolute Gasteiger partial charge is 0.475 e. The number of piperidine rings is 1. The molecule has 1 aromatic rings. The third kappa shape index (κ3) is 8.95. The summed E-state index contributed by atoms with van der Waals surface area (Å²) in [6.45, 7) is 6.28. The molecule has 13 heteroatoms. The summed E-state index contributed by atoms with van der Waals surface area (Å²) in [5, 5.41) is 31.9. The molecule has 3 N–H and O–H groups in total. The molecular formula is C28H40BN5O7. The minimum Gasteiger partial charge on any atom is -0.453 e. The van der Waals surface area contributed by atoms with E-state index < -0.39 is 36.6 Å². The molecule has 222 valence electrons. The number of methoxy groups -OCH3 is 1. The van der Waals surface area contributed by atoms with Crippen LogP contribution in [-0.2, 0) is 20.7 Å². The van der Waals surface area contributed by atoms with E-state index >= 15 is 0 Å². The Kier molecular flexibility index (Phi) is 11.6. The molecule has 1 unspecified atom stereocenters. The standard InChI is InChI=1S/C28H40BN5O7/c1-28(2,33-15-13-32(14-16-33)27(37)40-3)18-22(19-30)25(35)34-12-8-7-11-23(34)20-41-26(36)31-24(29(38)39)17-21-9-5-4-6-10-21/h4-6,9-10,18,23-24,38-39H,7-8,11-17,20H2,1-3H3,(H,31,36)/t23-,24?/m1/s1. The van der Waals surface area contributed by atoms with E-state index in [1.54, 1.807) is 15.9 Å². The summed E-state index contributed by atoms with van der Waals surface area (Å²) in [6.07, 6.45) is 2.88. The first-order valence-electron chi connectivity index (χ1n) is 13.9. The predicted molar refractivity (Wildman–Crippen MR) is 151 cm³/mol. The maximum absolute atomic E-state index is 13.5. The van der Waals surface area contributed by atoms with Gasteiger partial charge in [-0.3, -0.25) is 9.69 Å². The van der Waals surface area contributed by atoms with E-state index in [1.807, 2.05) is 44.2 Å². The van der Waals surface area contributed by atoms with Gasteiger partial charge in [-0.25, -0.2) is 9.59 Å². The highest BCUT2D eigenvalue weighted by molar-refractivity contribution is 6.43. The predicted octanol–water partition coefficient (Wildman–Crippen LogP) is 1.33. The Balaban J connectivity index is 1.61. The second kappa shape index (κ2) is 14.9. The van der Waals surface area contributed by atoms with Crippen LogP contribution in [-0.4, -0.2) is 114 Å². The molecule has 2 fully saturated rings. The Labute approximate surface area is 241 Å². The summed E-state index contributed by atoms with van der Waals surface area (Å²) in [4.78, 5) is 43.2. The Hall–Kier alpha value is -3.60. The Morgan fingerprint density at radius 3 is 2.44 bits per heavy atom. The smallest absolute Gasteiger partial charge is 0.453 e. The number of likely N-dealkylation sites (tertiary alicyclic amines) is 1. The molecule has 0 saturated carbocycles. The fourth-order valence-corrected chi connectivity index (χ4v) is 5.24. The summed E-state index contributed by atoms with van der Waals surface area (Å²) in [7, 11) is -0.439. The van der Waals surface area contributed by atoms with E-state index in [1.165, 1.54) is 7.11 Å². The lowest BCUT2D eigenvalue weighted by molar-refractivity contribution is -0.131. The number of nitrogens with zero attached hydrogens (tertiary/aromatic N) is 4. The number of carbonyl (C=O) groups excluding carboxylic acids is 3. The first kappa shape index (κ1) is 31.9. The van der Waals surface area contributed by atoms with Crippen LogP contribution in [0.3, 0.4) is 0 Å². The lowest BCUT2D eigenvalue weighted by Gasteiger charge is -2.42. The van der Waals surface area contributed by atoms with E-state index in [2.05, 4.69) is 16.3 Å². The van der Waals surface area contributed by atoms with Crippen molar-refractivity contribution in [1.82, 2.24) is 20.0 Å². The first-order chi connectivity index (χ1) is 19.6. The zero-order chi connectivity index (χ0) is 30.0. The van der Waals surface area contributed by atoms with Crippen LogP contribution in [0.5, 0.6) is 0 Å². The van der Waals surface area contributed by atoms with Crippen molar-refractivity contribution in [3.8, 4) is 6.07 Å². The van der Waals surface area contributed by atoms with Crippen molar-refractivity contribution in [3.63, 3.8) is 0 Å². The number of amides is 3. The molecule has 0 aromatic heterocycles. The number of carbonyl (C=O) groups is 3. The highest BCUT2D eigenvalue weighted by atomic mass is 16.6. The summed E-state index contributed by atoms with van der Waals surface area (Å²) in [5.74, 6) is -1.39. The zero-order valence-electron chi connectivity index (χ0n) is 24.0. The molecule has 1 aromatic carbocycles. The Morgan fingerprint density at radius 1 is 1.15 bits per heavy atom. The highest BCUT2D eigenvalue weighted by Gasteiger charge is 2.35. The Morgan fingerprint density at radius 2 is 1.83 bits per heavy atom. The van der Waals surface area contributed by atoms with E-state index in [0.29, 0.717) is 39.1 Å². The van der Waals surface area contributed by atoms with Crippen LogP contribution in [0.25, 0.3) is 0 Å². The van der Waals surface area contributed by atoms with E-state index in [-0.39, 0.29) is 24.7 Å². The van der Waals surface area contributed by atoms with Crippen molar-refractivity contribution >= 4 is 25.2 Å².